The van der Waals surface area contributed by atoms with Crippen LogP contribution >= 0.6 is 0 Å². The summed E-state index contributed by atoms with van der Waals surface area (Å²) in [6.45, 7) is 4.48. The molecule has 2 unspecified atom stereocenters. The summed E-state index contributed by atoms with van der Waals surface area (Å²) in [7, 11) is 1.84. The maximum Gasteiger partial charge on any atom is 0.237 e. The summed E-state index contributed by atoms with van der Waals surface area (Å²) in [5.74, 6) is 0.0992. The predicted octanol–water partition coefficient (Wildman–Crippen LogP) is 0.410. The van der Waals surface area contributed by atoms with Gasteiger partial charge in [0.1, 0.15) is 0 Å². The van der Waals surface area contributed by atoms with Crippen LogP contribution in [0.1, 0.15) is 26.0 Å². The number of nitrogens with zero attached hydrogens (tertiary/aromatic N) is 2. The average Bonchev–Trinajstić information content (AvgIpc) is 2.69. The van der Waals surface area contributed by atoms with Crippen molar-refractivity contribution in [2.45, 2.75) is 32.9 Å². The first-order valence-electron chi connectivity index (χ1n) is 5.56. The Bertz CT molecular complexity index is 348. The number of carbonyl (C=O) groups is 1. The number of aromatic nitrogens is 2. The van der Waals surface area contributed by atoms with Gasteiger partial charge in [-0.25, -0.2) is 0 Å². The molecule has 5 heteroatoms. The minimum atomic E-state index is -0.432. The van der Waals surface area contributed by atoms with Crippen LogP contribution < -0.4 is 11.1 Å². The fourth-order valence-electron chi connectivity index (χ4n) is 1.38. The van der Waals surface area contributed by atoms with Gasteiger partial charge in [0.15, 0.2) is 0 Å². The molecule has 0 saturated carbocycles. The largest absolute Gasteiger partial charge is 0.349 e. The molecular formula is C11H20N4O. The fourth-order valence-corrected chi connectivity index (χ4v) is 1.38. The molecule has 1 heterocycles. The molecule has 90 valence electrons. The van der Waals surface area contributed by atoms with Crippen LogP contribution in [-0.4, -0.2) is 21.7 Å². The Kier molecular flexibility index (Phi) is 4.49. The van der Waals surface area contributed by atoms with E-state index in [1.54, 1.807) is 10.9 Å². The lowest BCUT2D eigenvalue weighted by Gasteiger charge is -2.17. The van der Waals surface area contributed by atoms with E-state index in [1.165, 1.54) is 0 Å². The molecule has 1 amide bonds. The molecule has 0 fully saturated rings. The van der Waals surface area contributed by atoms with E-state index in [1.807, 2.05) is 27.0 Å². The molecule has 0 aliphatic carbocycles. The van der Waals surface area contributed by atoms with Crippen molar-refractivity contribution >= 4 is 5.91 Å². The highest BCUT2D eigenvalue weighted by atomic mass is 16.2. The highest BCUT2D eigenvalue weighted by Gasteiger charge is 2.18. The van der Waals surface area contributed by atoms with Crippen molar-refractivity contribution in [3.8, 4) is 0 Å². The predicted molar refractivity (Wildman–Crippen MR) is 62.5 cm³/mol. The van der Waals surface area contributed by atoms with Crippen LogP contribution in [0.4, 0.5) is 0 Å². The van der Waals surface area contributed by atoms with Crippen LogP contribution in [0.15, 0.2) is 12.3 Å². The number of aryl methyl sites for hydroxylation is 1. The second-order valence-electron chi connectivity index (χ2n) is 4.08. The normalized spacial score (nSPS) is 14.5. The van der Waals surface area contributed by atoms with Crippen molar-refractivity contribution < 1.29 is 4.79 Å². The molecule has 1 aromatic heterocycles. The summed E-state index contributed by atoms with van der Waals surface area (Å²) in [5.41, 5.74) is 6.78. The minimum absolute atomic E-state index is 0.101. The Labute approximate surface area is 96.0 Å². The van der Waals surface area contributed by atoms with Crippen molar-refractivity contribution in [1.29, 1.82) is 0 Å². The van der Waals surface area contributed by atoms with Gasteiger partial charge in [0.05, 0.1) is 18.3 Å². The first-order valence-corrected chi connectivity index (χ1v) is 5.56. The summed E-state index contributed by atoms with van der Waals surface area (Å²) >= 11 is 0. The maximum atomic E-state index is 11.7. The lowest BCUT2D eigenvalue weighted by Crippen LogP contribution is -2.44. The van der Waals surface area contributed by atoms with Gasteiger partial charge in [-0.2, -0.15) is 5.10 Å². The van der Waals surface area contributed by atoms with E-state index in [-0.39, 0.29) is 11.8 Å². The van der Waals surface area contributed by atoms with Gasteiger partial charge >= 0.3 is 0 Å². The number of rotatable bonds is 5. The van der Waals surface area contributed by atoms with Gasteiger partial charge in [-0.05, 0) is 12.0 Å². The van der Waals surface area contributed by atoms with E-state index >= 15 is 0 Å². The SMILES string of the molecule is CCC(C)C(N)C(=O)NCc1ccnn1C. The van der Waals surface area contributed by atoms with E-state index in [9.17, 15) is 4.79 Å². The Morgan fingerprint density at radius 2 is 2.38 bits per heavy atom. The third-order valence-corrected chi connectivity index (χ3v) is 2.93. The molecule has 0 aliphatic rings. The molecular weight excluding hydrogens is 204 g/mol. The highest BCUT2D eigenvalue weighted by Crippen LogP contribution is 2.05. The maximum absolute atomic E-state index is 11.7. The van der Waals surface area contributed by atoms with Gasteiger partial charge in [-0.1, -0.05) is 20.3 Å². The van der Waals surface area contributed by atoms with Crippen LogP contribution in [-0.2, 0) is 18.4 Å². The van der Waals surface area contributed by atoms with Gasteiger partial charge in [0.2, 0.25) is 5.91 Å². The van der Waals surface area contributed by atoms with Crippen LogP contribution in [0, 0.1) is 5.92 Å². The minimum Gasteiger partial charge on any atom is -0.349 e. The second kappa shape index (κ2) is 5.65. The fraction of sp³-hybridized carbons (Fsp3) is 0.636. The van der Waals surface area contributed by atoms with Gasteiger partial charge in [0, 0.05) is 13.2 Å². The Hall–Kier alpha value is -1.36. The van der Waals surface area contributed by atoms with Crippen LogP contribution in [0.25, 0.3) is 0 Å². The molecule has 5 nitrogen and oxygen atoms in total. The summed E-state index contributed by atoms with van der Waals surface area (Å²) in [5, 5.41) is 6.84. The summed E-state index contributed by atoms with van der Waals surface area (Å²) < 4.78 is 1.73. The third-order valence-electron chi connectivity index (χ3n) is 2.93. The number of nitrogens with two attached hydrogens (primary N) is 1. The van der Waals surface area contributed by atoms with Gasteiger partial charge in [-0.3, -0.25) is 9.48 Å². The molecule has 0 aliphatic heterocycles. The summed E-state index contributed by atoms with van der Waals surface area (Å²) in [4.78, 5) is 11.7. The van der Waals surface area contributed by atoms with Crippen LogP contribution in [0.2, 0.25) is 0 Å². The summed E-state index contributed by atoms with van der Waals surface area (Å²) in [6.07, 6.45) is 2.61. The molecule has 3 N–H and O–H groups in total. The number of hydrogen-bond acceptors (Lipinski definition) is 3. The average molecular weight is 224 g/mol. The monoisotopic (exact) mass is 224 g/mol. The first-order chi connectivity index (χ1) is 7.56. The highest BCUT2D eigenvalue weighted by molar-refractivity contribution is 5.81. The number of hydrogen-bond donors (Lipinski definition) is 2. The van der Waals surface area contributed by atoms with E-state index in [2.05, 4.69) is 10.4 Å². The van der Waals surface area contributed by atoms with E-state index in [0.717, 1.165) is 12.1 Å². The van der Waals surface area contributed by atoms with Crippen molar-refractivity contribution in [3.05, 3.63) is 18.0 Å². The topological polar surface area (TPSA) is 72.9 Å². The molecule has 1 aromatic rings. The lowest BCUT2D eigenvalue weighted by atomic mass is 9.99. The van der Waals surface area contributed by atoms with Crippen LogP contribution in [0.3, 0.4) is 0 Å². The van der Waals surface area contributed by atoms with E-state index < -0.39 is 6.04 Å². The molecule has 0 radical (unpaired) electrons. The van der Waals surface area contributed by atoms with Gasteiger partial charge in [-0.15, -0.1) is 0 Å². The molecule has 16 heavy (non-hydrogen) atoms. The molecule has 1 rings (SSSR count). The van der Waals surface area contributed by atoms with Gasteiger partial charge in [0.25, 0.3) is 0 Å². The number of amides is 1. The van der Waals surface area contributed by atoms with Gasteiger partial charge < -0.3 is 11.1 Å². The Morgan fingerprint density at radius 1 is 1.69 bits per heavy atom. The quantitative estimate of drug-likeness (QED) is 0.761. The zero-order valence-electron chi connectivity index (χ0n) is 10.1. The smallest absolute Gasteiger partial charge is 0.237 e. The van der Waals surface area contributed by atoms with Crippen LogP contribution in [0.5, 0.6) is 0 Å². The first kappa shape index (κ1) is 12.7. The summed E-state index contributed by atoms with van der Waals surface area (Å²) in [6, 6.07) is 1.44. The van der Waals surface area contributed by atoms with Crippen molar-refractivity contribution in [2.24, 2.45) is 18.7 Å². The molecule has 0 saturated heterocycles. The Balaban J connectivity index is 2.44. The molecule has 0 aromatic carbocycles. The number of nitrogens with one attached hydrogen (secondary N) is 1. The molecule has 0 spiro atoms. The van der Waals surface area contributed by atoms with Crippen molar-refractivity contribution in [2.75, 3.05) is 0 Å². The van der Waals surface area contributed by atoms with E-state index in [4.69, 9.17) is 5.73 Å². The standard InChI is InChI=1S/C11H20N4O/c1-4-8(2)10(12)11(16)13-7-9-5-6-14-15(9)3/h5-6,8,10H,4,7,12H2,1-3H3,(H,13,16). The number of carbonyl (C=O) groups excluding carboxylic acids is 1. The zero-order chi connectivity index (χ0) is 12.1. The van der Waals surface area contributed by atoms with Crippen molar-refractivity contribution in [1.82, 2.24) is 15.1 Å². The van der Waals surface area contributed by atoms with Crippen molar-refractivity contribution in [3.63, 3.8) is 0 Å². The Morgan fingerprint density at radius 3 is 2.88 bits per heavy atom. The molecule has 2 atom stereocenters. The zero-order valence-corrected chi connectivity index (χ0v) is 10.1. The second-order valence-corrected chi connectivity index (χ2v) is 4.08. The van der Waals surface area contributed by atoms with E-state index in [0.29, 0.717) is 6.54 Å². The molecule has 0 bridgehead atoms. The lowest BCUT2D eigenvalue weighted by molar-refractivity contribution is -0.123. The third kappa shape index (κ3) is 3.06.